The fourth-order valence-corrected chi connectivity index (χ4v) is 4.04. The number of hydrogen-bond acceptors (Lipinski definition) is 8. The molecule has 2 N–H and O–H groups in total. The fraction of sp³-hybridized carbons (Fsp3) is 0.176. The average molecular weight is 423 g/mol. The lowest BCUT2D eigenvalue weighted by molar-refractivity contribution is -0.123. The van der Waals surface area contributed by atoms with Crippen molar-refractivity contribution in [2.24, 2.45) is 0 Å². The molecule has 0 aliphatic rings. The molecule has 3 aromatic rings. The van der Waals surface area contributed by atoms with Crippen LogP contribution >= 0.6 is 11.3 Å². The van der Waals surface area contributed by atoms with Gasteiger partial charge in [0.05, 0.1) is 10.6 Å². The number of carboxylic acid groups (broad SMARTS) is 1. The van der Waals surface area contributed by atoms with E-state index >= 15 is 0 Å². The number of thiophene rings is 1. The molecule has 3 rings (SSSR count). The van der Waals surface area contributed by atoms with Gasteiger partial charge in [-0.15, -0.1) is 16.4 Å². The molecular formula is C17H17N3O6S2. The van der Waals surface area contributed by atoms with E-state index in [1.54, 1.807) is 29.5 Å². The molecule has 0 radical (unpaired) electrons. The normalized spacial score (nSPS) is 10.6. The molecule has 11 heteroatoms. The van der Waals surface area contributed by atoms with Crippen LogP contribution in [0.5, 0.6) is 0 Å². The molecule has 2 heterocycles. The van der Waals surface area contributed by atoms with Crippen LogP contribution in [-0.2, 0) is 19.4 Å². The van der Waals surface area contributed by atoms with Crippen molar-refractivity contribution >= 4 is 39.6 Å². The zero-order valence-corrected chi connectivity index (χ0v) is 16.4. The number of nitrogens with one attached hydrogen (secondary N) is 1. The van der Waals surface area contributed by atoms with Gasteiger partial charge in [0, 0.05) is 22.2 Å². The van der Waals surface area contributed by atoms with Gasteiger partial charge in [0.15, 0.2) is 9.84 Å². The molecule has 0 unspecified atom stereocenters. The van der Waals surface area contributed by atoms with Crippen molar-refractivity contribution < 1.29 is 27.5 Å². The van der Waals surface area contributed by atoms with E-state index in [0.717, 1.165) is 10.4 Å². The predicted molar refractivity (Wildman–Crippen MR) is 103 cm³/mol. The highest BCUT2D eigenvalue weighted by atomic mass is 32.2. The second-order valence-corrected chi connectivity index (χ2v) is 8.62. The number of aromatic nitrogens is 2. The van der Waals surface area contributed by atoms with Gasteiger partial charge < -0.3 is 9.52 Å². The fourth-order valence-electron chi connectivity index (χ4n) is 2.10. The number of amides is 1. The first-order valence-electron chi connectivity index (χ1n) is 7.90. The number of hydrogen-bond donors (Lipinski definition) is 2. The Morgan fingerprint density at radius 3 is 2.57 bits per heavy atom. The number of anilines is 1. The first-order chi connectivity index (χ1) is 13.4. The summed E-state index contributed by atoms with van der Waals surface area (Å²) in [5.74, 6) is -0.499. The van der Waals surface area contributed by atoms with E-state index in [2.05, 4.69) is 15.5 Å². The van der Waals surface area contributed by atoms with Gasteiger partial charge in [0.1, 0.15) is 0 Å². The molecule has 0 saturated carbocycles. The summed E-state index contributed by atoms with van der Waals surface area (Å²) < 4.78 is 29.7. The van der Waals surface area contributed by atoms with Crippen LogP contribution in [0, 0.1) is 6.92 Å². The Hall–Kier alpha value is -3.05. The quantitative estimate of drug-likeness (QED) is 0.577. The number of nitrogens with zero attached hydrogens (tertiary/aromatic N) is 2. The van der Waals surface area contributed by atoms with Gasteiger partial charge >= 0.3 is 6.01 Å². The highest BCUT2D eigenvalue weighted by Gasteiger charge is 2.18. The van der Waals surface area contributed by atoms with Crippen LogP contribution in [0.25, 0.3) is 11.5 Å². The molecule has 0 atom stereocenters. The highest BCUT2D eigenvalue weighted by molar-refractivity contribution is 7.91. The number of aryl methyl sites for hydroxylation is 1. The minimum atomic E-state index is -3.51. The molecule has 9 nitrogen and oxygen atoms in total. The molecule has 1 aromatic carbocycles. The summed E-state index contributed by atoms with van der Waals surface area (Å²) in [5.41, 5.74) is 0.780. The molecule has 0 spiro atoms. The van der Waals surface area contributed by atoms with Crippen LogP contribution in [0.15, 0.2) is 51.1 Å². The van der Waals surface area contributed by atoms with E-state index in [9.17, 15) is 13.2 Å². The summed E-state index contributed by atoms with van der Waals surface area (Å²) in [6.45, 7) is 1.71. The van der Waals surface area contributed by atoms with E-state index in [0.29, 0.717) is 5.89 Å². The van der Waals surface area contributed by atoms with Gasteiger partial charge in [0.2, 0.25) is 5.91 Å². The van der Waals surface area contributed by atoms with Gasteiger partial charge in [-0.2, -0.15) is 0 Å². The van der Waals surface area contributed by atoms with E-state index in [-0.39, 0.29) is 29.6 Å². The SMILES string of the molecule is Cc1cc(-c2nnc(NC(=O)CCS(=O)(=O)c3ccccc3)o2)cs1.O=CO. The summed E-state index contributed by atoms with van der Waals surface area (Å²) in [4.78, 5) is 21.6. The van der Waals surface area contributed by atoms with Crippen molar-refractivity contribution in [3.8, 4) is 11.5 Å². The Labute approximate surface area is 165 Å². The van der Waals surface area contributed by atoms with Crippen molar-refractivity contribution in [1.29, 1.82) is 0 Å². The van der Waals surface area contributed by atoms with E-state index < -0.39 is 15.7 Å². The third-order valence-corrected chi connectivity index (χ3v) is 5.94. The summed E-state index contributed by atoms with van der Waals surface area (Å²) in [7, 11) is -3.51. The Morgan fingerprint density at radius 1 is 1.29 bits per heavy atom. The molecule has 148 valence electrons. The third kappa shape index (κ3) is 5.99. The number of carbonyl (C=O) groups excluding carboxylic acids is 1. The van der Waals surface area contributed by atoms with E-state index in [1.807, 2.05) is 18.4 Å². The second kappa shape index (κ2) is 9.76. The van der Waals surface area contributed by atoms with Crippen molar-refractivity contribution in [2.75, 3.05) is 11.1 Å². The minimum absolute atomic E-state index is 0.0547. The predicted octanol–water partition coefficient (Wildman–Crippen LogP) is 2.61. The maximum absolute atomic E-state index is 12.2. The van der Waals surface area contributed by atoms with E-state index in [1.165, 1.54) is 12.1 Å². The first-order valence-corrected chi connectivity index (χ1v) is 10.4. The lowest BCUT2D eigenvalue weighted by Gasteiger charge is -2.03. The van der Waals surface area contributed by atoms with Crippen LogP contribution in [0.4, 0.5) is 6.01 Å². The molecular weight excluding hydrogens is 406 g/mol. The summed E-state index contributed by atoms with van der Waals surface area (Å²) in [6, 6.07) is 9.85. The lowest BCUT2D eigenvalue weighted by Crippen LogP contribution is -2.17. The zero-order valence-electron chi connectivity index (χ0n) is 14.7. The van der Waals surface area contributed by atoms with Gasteiger partial charge in [-0.05, 0) is 25.1 Å². The molecule has 0 aliphatic carbocycles. The average Bonchev–Trinajstić information content (AvgIpc) is 3.30. The van der Waals surface area contributed by atoms with Crippen molar-refractivity contribution in [3.05, 3.63) is 46.7 Å². The second-order valence-electron chi connectivity index (χ2n) is 5.39. The largest absolute Gasteiger partial charge is 0.483 e. The van der Waals surface area contributed by atoms with Crippen molar-refractivity contribution in [3.63, 3.8) is 0 Å². The van der Waals surface area contributed by atoms with Crippen LogP contribution in [0.3, 0.4) is 0 Å². The summed E-state index contributed by atoms with van der Waals surface area (Å²) in [5, 5.41) is 18.8. The molecule has 2 aromatic heterocycles. The number of rotatable bonds is 6. The molecule has 0 aliphatic heterocycles. The molecule has 0 saturated heterocycles. The monoisotopic (exact) mass is 423 g/mol. The molecule has 0 fully saturated rings. The number of carbonyl (C=O) groups is 2. The third-order valence-electron chi connectivity index (χ3n) is 3.35. The molecule has 28 heavy (non-hydrogen) atoms. The van der Waals surface area contributed by atoms with Crippen LogP contribution in [0.1, 0.15) is 11.3 Å². The Bertz CT molecular complexity index is 1030. The van der Waals surface area contributed by atoms with Gasteiger partial charge in [-0.3, -0.25) is 14.9 Å². The van der Waals surface area contributed by atoms with E-state index in [4.69, 9.17) is 14.3 Å². The Morgan fingerprint density at radius 2 is 1.96 bits per heavy atom. The van der Waals surface area contributed by atoms with Crippen molar-refractivity contribution in [2.45, 2.75) is 18.2 Å². The molecule has 1 amide bonds. The minimum Gasteiger partial charge on any atom is -0.483 e. The van der Waals surface area contributed by atoms with Crippen LogP contribution < -0.4 is 5.32 Å². The first kappa shape index (κ1) is 21.3. The summed E-state index contributed by atoms with van der Waals surface area (Å²) >= 11 is 1.55. The standard InChI is InChI=1S/C16H15N3O4S2.CH2O2/c1-11-9-12(10-24-11)15-18-19-16(23-15)17-14(20)7-8-25(21,22)13-5-3-2-4-6-13;2-1-3/h2-6,9-10H,7-8H2,1H3,(H,17,19,20);1H,(H,2,3). The van der Waals surface area contributed by atoms with Crippen LogP contribution in [-0.4, -0.2) is 41.9 Å². The Kier molecular flexibility index (Phi) is 7.41. The Balaban J connectivity index is 0.000000878. The molecule has 0 bridgehead atoms. The summed E-state index contributed by atoms with van der Waals surface area (Å²) in [6.07, 6.45) is -0.202. The van der Waals surface area contributed by atoms with Gasteiger partial charge in [-0.1, -0.05) is 23.3 Å². The van der Waals surface area contributed by atoms with Gasteiger partial charge in [-0.25, -0.2) is 8.42 Å². The maximum Gasteiger partial charge on any atom is 0.322 e. The zero-order chi connectivity index (χ0) is 20.6. The number of benzene rings is 1. The smallest absolute Gasteiger partial charge is 0.322 e. The highest BCUT2D eigenvalue weighted by Crippen LogP contribution is 2.25. The number of sulfone groups is 1. The maximum atomic E-state index is 12.2. The van der Waals surface area contributed by atoms with Gasteiger partial charge in [0.25, 0.3) is 12.4 Å². The topological polar surface area (TPSA) is 139 Å². The van der Waals surface area contributed by atoms with Crippen molar-refractivity contribution in [1.82, 2.24) is 10.2 Å². The lowest BCUT2D eigenvalue weighted by atomic mass is 10.3. The van der Waals surface area contributed by atoms with Crippen LogP contribution in [0.2, 0.25) is 0 Å².